The number of nitrogens with one attached hydrogen (secondary N) is 1. The third kappa shape index (κ3) is 5.05. The number of ether oxygens (including phenoxy) is 2. The predicted molar refractivity (Wildman–Crippen MR) is 120 cm³/mol. The minimum atomic E-state index is -0.128. The SMILES string of the molecule is CCOc1cc2c(cc1CNC(=O)c1ccccc1SCc1cc(C)on1)O[C@H](C)C2. The summed E-state index contributed by atoms with van der Waals surface area (Å²) < 4.78 is 16.8. The molecule has 0 spiro atoms. The number of hydrogen-bond acceptors (Lipinski definition) is 6. The summed E-state index contributed by atoms with van der Waals surface area (Å²) >= 11 is 1.56. The molecule has 0 fully saturated rings. The maximum atomic E-state index is 13.0. The fraction of sp³-hybridized carbons (Fsp3) is 0.333. The molecule has 1 amide bonds. The first-order valence-electron chi connectivity index (χ1n) is 10.4. The lowest BCUT2D eigenvalue weighted by molar-refractivity contribution is 0.0947. The van der Waals surface area contributed by atoms with Gasteiger partial charge in [-0.1, -0.05) is 17.3 Å². The van der Waals surface area contributed by atoms with Gasteiger partial charge in [-0.15, -0.1) is 11.8 Å². The van der Waals surface area contributed by atoms with Gasteiger partial charge in [0.1, 0.15) is 23.4 Å². The second-order valence-corrected chi connectivity index (χ2v) is 8.55. The van der Waals surface area contributed by atoms with Crippen molar-refractivity contribution < 1.29 is 18.8 Å². The van der Waals surface area contributed by atoms with Crippen LogP contribution in [0.3, 0.4) is 0 Å². The van der Waals surface area contributed by atoms with E-state index in [-0.39, 0.29) is 12.0 Å². The monoisotopic (exact) mass is 438 g/mol. The average Bonchev–Trinajstić information content (AvgIpc) is 3.34. The van der Waals surface area contributed by atoms with Crippen molar-refractivity contribution in [2.75, 3.05) is 6.61 Å². The van der Waals surface area contributed by atoms with Gasteiger partial charge in [0.15, 0.2) is 0 Å². The van der Waals surface area contributed by atoms with E-state index in [1.54, 1.807) is 11.8 Å². The molecular formula is C24H26N2O4S. The van der Waals surface area contributed by atoms with Crippen LogP contribution in [0, 0.1) is 6.92 Å². The van der Waals surface area contributed by atoms with E-state index >= 15 is 0 Å². The standard InChI is InChI=1S/C24H26N2O4S/c1-4-28-21-11-17-9-15(2)29-22(17)12-18(21)13-25-24(27)20-7-5-6-8-23(20)31-14-19-10-16(3)30-26-19/h5-8,10-12,15H,4,9,13-14H2,1-3H3,(H,25,27)/t15-/m1/s1. The summed E-state index contributed by atoms with van der Waals surface area (Å²) in [6, 6.07) is 13.5. The third-order valence-corrected chi connectivity index (χ3v) is 6.11. The number of aromatic nitrogens is 1. The van der Waals surface area contributed by atoms with Crippen molar-refractivity contribution >= 4 is 17.7 Å². The molecule has 7 heteroatoms. The van der Waals surface area contributed by atoms with E-state index < -0.39 is 0 Å². The number of fused-ring (bicyclic) bond motifs is 1. The van der Waals surface area contributed by atoms with Gasteiger partial charge >= 0.3 is 0 Å². The number of carbonyl (C=O) groups is 1. The van der Waals surface area contributed by atoms with Gasteiger partial charge in [-0.25, -0.2) is 0 Å². The van der Waals surface area contributed by atoms with E-state index in [4.69, 9.17) is 14.0 Å². The van der Waals surface area contributed by atoms with Crippen LogP contribution in [0.15, 0.2) is 51.9 Å². The zero-order chi connectivity index (χ0) is 21.8. The Morgan fingerprint density at radius 3 is 2.90 bits per heavy atom. The van der Waals surface area contributed by atoms with Crippen molar-refractivity contribution in [1.29, 1.82) is 0 Å². The van der Waals surface area contributed by atoms with Crippen LogP contribution < -0.4 is 14.8 Å². The van der Waals surface area contributed by atoms with Gasteiger partial charge in [-0.3, -0.25) is 4.79 Å². The van der Waals surface area contributed by atoms with Crippen LogP contribution in [0.25, 0.3) is 0 Å². The third-order valence-electron chi connectivity index (χ3n) is 5.00. The Labute approximate surface area is 186 Å². The summed E-state index contributed by atoms with van der Waals surface area (Å²) in [4.78, 5) is 13.9. The summed E-state index contributed by atoms with van der Waals surface area (Å²) in [5.41, 5.74) is 3.55. The predicted octanol–water partition coefficient (Wildman–Crippen LogP) is 4.93. The number of rotatable bonds is 8. The highest BCUT2D eigenvalue weighted by Gasteiger charge is 2.22. The molecule has 4 rings (SSSR count). The van der Waals surface area contributed by atoms with Crippen molar-refractivity contribution in [1.82, 2.24) is 10.5 Å². The van der Waals surface area contributed by atoms with Crippen LogP contribution in [0.4, 0.5) is 0 Å². The second-order valence-electron chi connectivity index (χ2n) is 7.53. The number of amides is 1. The van der Waals surface area contributed by atoms with E-state index in [1.807, 2.05) is 56.3 Å². The van der Waals surface area contributed by atoms with E-state index in [0.29, 0.717) is 24.5 Å². The Kier molecular flexibility index (Phi) is 6.51. The summed E-state index contributed by atoms with van der Waals surface area (Å²) in [5.74, 6) is 2.95. The Morgan fingerprint density at radius 1 is 1.29 bits per heavy atom. The summed E-state index contributed by atoms with van der Waals surface area (Å²) in [5, 5.41) is 7.06. The highest BCUT2D eigenvalue weighted by Crippen LogP contribution is 2.35. The van der Waals surface area contributed by atoms with Gasteiger partial charge < -0.3 is 19.3 Å². The van der Waals surface area contributed by atoms with Crippen molar-refractivity contribution in [3.05, 3.63) is 70.6 Å². The van der Waals surface area contributed by atoms with Crippen LogP contribution >= 0.6 is 11.8 Å². The smallest absolute Gasteiger partial charge is 0.252 e. The molecule has 0 unspecified atom stereocenters. The minimum Gasteiger partial charge on any atom is -0.494 e. The molecule has 6 nitrogen and oxygen atoms in total. The van der Waals surface area contributed by atoms with Crippen LogP contribution in [-0.4, -0.2) is 23.8 Å². The Bertz CT molecular complexity index is 1080. The molecule has 0 bridgehead atoms. The molecule has 1 aliphatic rings. The van der Waals surface area contributed by atoms with Crippen molar-refractivity contribution in [2.45, 2.75) is 50.5 Å². The zero-order valence-electron chi connectivity index (χ0n) is 17.9. The highest BCUT2D eigenvalue weighted by atomic mass is 32.2. The molecule has 2 heterocycles. The van der Waals surface area contributed by atoms with Gasteiger partial charge in [0, 0.05) is 40.8 Å². The van der Waals surface area contributed by atoms with Gasteiger partial charge in [0.2, 0.25) is 0 Å². The van der Waals surface area contributed by atoms with Crippen LogP contribution in [0.1, 0.15) is 46.8 Å². The van der Waals surface area contributed by atoms with Gasteiger partial charge in [0.25, 0.3) is 5.91 Å². The van der Waals surface area contributed by atoms with Gasteiger partial charge in [-0.2, -0.15) is 0 Å². The zero-order valence-corrected chi connectivity index (χ0v) is 18.8. The normalized spacial score (nSPS) is 14.7. The van der Waals surface area contributed by atoms with Crippen molar-refractivity contribution in [3.63, 3.8) is 0 Å². The molecule has 3 aromatic rings. The van der Waals surface area contributed by atoms with Crippen LogP contribution in [0.5, 0.6) is 11.5 Å². The lowest BCUT2D eigenvalue weighted by Gasteiger charge is -2.14. The lowest BCUT2D eigenvalue weighted by atomic mass is 10.1. The minimum absolute atomic E-state index is 0.128. The number of nitrogens with zero attached hydrogens (tertiary/aromatic N) is 1. The first-order valence-corrected chi connectivity index (χ1v) is 11.4. The second kappa shape index (κ2) is 9.47. The van der Waals surface area contributed by atoms with E-state index in [2.05, 4.69) is 17.4 Å². The number of carbonyl (C=O) groups excluding carboxylic acids is 1. The summed E-state index contributed by atoms with van der Waals surface area (Å²) in [7, 11) is 0. The van der Waals surface area contributed by atoms with Crippen LogP contribution in [-0.2, 0) is 18.7 Å². The molecule has 0 saturated heterocycles. The van der Waals surface area contributed by atoms with Crippen molar-refractivity contribution in [3.8, 4) is 11.5 Å². The average molecular weight is 439 g/mol. The van der Waals surface area contributed by atoms with Gasteiger partial charge in [-0.05, 0) is 45.0 Å². The molecule has 1 aliphatic heterocycles. The number of benzene rings is 2. The first-order chi connectivity index (χ1) is 15.0. The van der Waals surface area contributed by atoms with E-state index in [0.717, 1.165) is 45.4 Å². The largest absolute Gasteiger partial charge is 0.494 e. The quantitative estimate of drug-likeness (QED) is 0.503. The lowest BCUT2D eigenvalue weighted by Crippen LogP contribution is -2.23. The molecule has 1 N–H and O–H groups in total. The first kappa shape index (κ1) is 21.3. The topological polar surface area (TPSA) is 73.6 Å². The molecule has 1 aromatic heterocycles. The molecular weight excluding hydrogens is 412 g/mol. The maximum absolute atomic E-state index is 13.0. The van der Waals surface area contributed by atoms with E-state index in [9.17, 15) is 4.79 Å². The Morgan fingerprint density at radius 2 is 2.13 bits per heavy atom. The summed E-state index contributed by atoms with van der Waals surface area (Å²) in [6.07, 6.45) is 1.03. The van der Waals surface area contributed by atoms with Crippen LogP contribution in [0.2, 0.25) is 0 Å². The number of aryl methyl sites for hydroxylation is 1. The molecule has 0 saturated carbocycles. The number of hydrogen-bond donors (Lipinski definition) is 1. The fourth-order valence-corrected chi connectivity index (χ4v) is 4.53. The molecule has 1 atom stereocenters. The number of thioether (sulfide) groups is 1. The highest BCUT2D eigenvalue weighted by molar-refractivity contribution is 7.98. The maximum Gasteiger partial charge on any atom is 0.252 e. The molecule has 0 aliphatic carbocycles. The Balaban J connectivity index is 1.46. The molecule has 31 heavy (non-hydrogen) atoms. The molecule has 162 valence electrons. The molecule has 0 radical (unpaired) electrons. The van der Waals surface area contributed by atoms with E-state index in [1.165, 1.54) is 0 Å². The fourth-order valence-electron chi connectivity index (χ4n) is 3.60. The van der Waals surface area contributed by atoms with Gasteiger partial charge in [0.05, 0.1) is 17.9 Å². The molecule has 2 aromatic carbocycles. The van der Waals surface area contributed by atoms with Crippen molar-refractivity contribution in [2.24, 2.45) is 0 Å². The Hall–Kier alpha value is -2.93. The summed E-state index contributed by atoms with van der Waals surface area (Å²) in [6.45, 7) is 6.80.